The number of aryl methyl sites for hydroxylation is 1. The second-order valence-electron chi connectivity index (χ2n) is 4.19. The molecule has 0 heterocycles. The molecule has 0 unspecified atom stereocenters. The summed E-state index contributed by atoms with van der Waals surface area (Å²) >= 11 is 3.42. The Bertz CT molecular complexity index is 483. The Hall–Kier alpha value is -1.54. The van der Waals surface area contributed by atoms with Gasteiger partial charge in [-0.3, -0.25) is 4.79 Å². The molecular weight excluding hydrogens is 308 g/mol. The van der Waals surface area contributed by atoms with Crippen LogP contribution in [0.3, 0.4) is 0 Å². The van der Waals surface area contributed by atoms with Crippen molar-refractivity contribution < 1.29 is 9.53 Å². The molecule has 0 saturated heterocycles. The van der Waals surface area contributed by atoms with Crippen LogP contribution < -0.4 is 4.74 Å². The average Bonchev–Trinajstić information content (AvgIpc) is 2.42. The maximum absolute atomic E-state index is 11.8. The number of nitrogens with zero attached hydrogens (tertiary/aromatic N) is 2. The predicted octanol–water partition coefficient (Wildman–Crippen LogP) is 2.76. The van der Waals surface area contributed by atoms with Crippen molar-refractivity contribution in [3.8, 4) is 11.8 Å². The molecule has 19 heavy (non-hydrogen) atoms. The van der Waals surface area contributed by atoms with E-state index >= 15 is 0 Å². The number of hydrogen-bond acceptors (Lipinski definition) is 3. The third kappa shape index (κ3) is 4.92. The highest BCUT2D eigenvalue weighted by Gasteiger charge is 2.09. The van der Waals surface area contributed by atoms with Crippen LogP contribution in [-0.4, -0.2) is 31.5 Å². The maximum Gasteiger partial charge on any atom is 0.222 e. The molecule has 0 aliphatic rings. The predicted molar refractivity (Wildman–Crippen MR) is 76.9 cm³/mol. The summed E-state index contributed by atoms with van der Waals surface area (Å²) in [5, 5.41) is 8.48. The van der Waals surface area contributed by atoms with E-state index in [0.29, 0.717) is 25.8 Å². The third-order valence-corrected chi connectivity index (χ3v) is 3.45. The van der Waals surface area contributed by atoms with Crippen molar-refractivity contribution in [3.05, 3.63) is 28.2 Å². The smallest absolute Gasteiger partial charge is 0.222 e. The first-order chi connectivity index (χ1) is 9.08. The highest BCUT2D eigenvalue weighted by Crippen LogP contribution is 2.25. The quantitative estimate of drug-likeness (QED) is 0.808. The van der Waals surface area contributed by atoms with Gasteiger partial charge in [-0.25, -0.2) is 0 Å². The fraction of sp³-hybridized carbons (Fsp3) is 0.429. The molecule has 0 N–H and O–H groups in total. The molecule has 0 spiro atoms. The van der Waals surface area contributed by atoms with Gasteiger partial charge in [0, 0.05) is 20.0 Å². The molecule has 0 bridgehead atoms. The molecule has 102 valence electrons. The Morgan fingerprint density at radius 2 is 2.26 bits per heavy atom. The Morgan fingerprint density at radius 1 is 1.53 bits per heavy atom. The first-order valence-corrected chi connectivity index (χ1v) is 6.81. The third-order valence-electron chi connectivity index (χ3n) is 2.83. The standard InChI is InChI=1S/C14H17BrN2O2/c1-17(9-3-8-16)14(18)7-5-11-4-6-13(19-2)12(15)10-11/h4,6,10H,3,5,7,9H2,1-2H3. The summed E-state index contributed by atoms with van der Waals surface area (Å²) in [7, 11) is 3.34. The van der Waals surface area contributed by atoms with E-state index in [1.165, 1.54) is 0 Å². The number of carbonyl (C=O) groups excluding carboxylic acids is 1. The monoisotopic (exact) mass is 324 g/mol. The minimum atomic E-state index is 0.0576. The van der Waals surface area contributed by atoms with Gasteiger partial charge in [-0.05, 0) is 40.0 Å². The van der Waals surface area contributed by atoms with Crippen molar-refractivity contribution in [2.75, 3.05) is 20.7 Å². The fourth-order valence-corrected chi connectivity index (χ4v) is 2.24. The Balaban J connectivity index is 2.50. The number of carbonyl (C=O) groups is 1. The molecule has 0 fully saturated rings. The topological polar surface area (TPSA) is 53.3 Å². The molecule has 1 aromatic rings. The lowest BCUT2D eigenvalue weighted by atomic mass is 10.1. The van der Waals surface area contributed by atoms with E-state index in [-0.39, 0.29) is 5.91 Å². The van der Waals surface area contributed by atoms with Gasteiger partial charge in [-0.2, -0.15) is 5.26 Å². The van der Waals surface area contributed by atoms with E-state index in [4.69, 9.17) is 10.00 Å². The summed E-state index contributed by atoms with van der Waals surface area (Å²) in [4.78, 5) is 13.4. The number of benzene rings is 1. The van der Waals surface area contributed by atoms with Crippen molar-refractivity contribution in [2.45, 2.75) is 19.3 Å². The Labute approximate surface area is 122 Å². The minimum Gasteiger partial charge on any atom is -0.496 e. The Kier molecular flexibility index (Phi) is 6.37. The van der Waals surface area contributed by atoms with E-state index in [1.807, 2.05) is 24.3 Å². The minimum absolute atomic E-state index is 0.0576. The fourth-order valence-electron chi connectivity index (χ4n) is 1.65. The van der Waals surface area contributed by atoms with E-state index in [0.717, 1.165) is 15.8 Å². The van der Waals surface area contributed by atoms with Crippen molar-refractivity contribution >= 4 is 21.8 Å². The molecule has 0 atom stereocenters. The maximum atomic E-state index is 11.8. The van der Waals surface area contributed by atoms with Crippen LogP contribution in [-0.2, 0) is 11.2 Å². The highest BCUT2D eigenvalue weighted by atomic mass is 79.9. The molecule has 1 rings (SSSR count). The van der Waals surface area contributed by atoms with E-state index in [9.17, 15) is 4.79 Å². The van der Waals surface area contributed by atoms with Crippen LogP contribution in [0.5, 0.6) is 5.75 Å². The number of ether oxygens (including phenoxy) is 1. The van der Waals surface area contributed by atoms with E-state index in [2.05, 4.69) is 15.9 Å². The van der Waals surface area contributed by atoms with Crippen LogP contribution in [0, 0.1) is 11.3 Å². The van der Waals surface area contributed by atoms with Gasteiger partial charge in [-0.1, -0.05) is 6.07 Å². The summed E-state index contributed by atoms with van der Waals surface area (Å²) in [6, 6.07) is 7.82. The SMILES string of the molecule is COc1ccc(CCC(=O)N(C)CCC#N)cc1Br. The summed E-state index contributed by atoms with van der Waals surface area (Å²) in [5.74, 6) is 0.836. The number of hydrogen-bond donors (Lipinski definition) is 0. The second kappa shape index (κ2) is 7.80. The lowest BCUT2D eigenvalue weighted by molar-refractivity contribution is -0.129. The number of halogens is 1. The largest absolute Gasteiger partial charge is 0.496 e. The van der Waals surface area contributed by atoms with Crippen LogP contribution in [0.4, 0.5) is 0 Å². The molecule has 1 amide bonds. The molecule has 5 heteroatoms. The molecular formula is C14H17BrN2O2. The lowest BCUT2D eigenvalue weighted by Crippen LogP contribution is -2.27. The van der Waals surface area contributed by atoms with Crippen molar-refractivity contribution in [3.63, 3.8) is 0 Å². The second-order valence-corrected chi connectivity index (χ2v) is 5.05. The average molecular weight is 325 g/mol. The molecule has 0 saturated carbocycles. The van der Waals surface area contributed by atoms with Gasteiger partial charge in [0.2, 0.25) is 5.91 Å². The summed E-state index contributed by atoms with van der Waals surface area (Å²) in [6.45, 7) is 0.488. The molecule has 0 aliphatic heterocycles. The van der Waals surface area contributed by atoms with Crippen LogP contribution in [0.25, 0.3) is 0 Å². The van der Waals surface area contributed by atoms with Gasteiger partial charge in [0.05, 0.1) is 24.1 Å². The first kappa shape index (κ1) is 15.5. The molecule has 1 aromatic carbocycles. The van der Waals surface area contributed by atoms with Gasteiger partial charge >= 0.3 is 0 Å². The van der Waals surface area contributed by atoms with Gasteiger partial charge in [0.25, 0.3) is 0 Å². The molecule has 0 aliphatic carbocycles. The van der Waals surface area contributed by atoms with E-state index < -0.39 is 0 Å². The summed E-state index contributed by atoms with van der Waals surface area (Å²) < 4.78 is 6.04. The van der Waals surface area contributed by atoms with E-state index in [1.54, 1.807) is 19.1 Å². The van der Waals surface area contributed by atoms with Gasteiger partial charge in [0.1, 0.15) is 5.75 Å². The normalized spacial score (nSPS) is 9.79. The van der Waals surface area contributed by atoms with Crippen molar-refractivity contribution in [1.29, 1.82) is 5.26 Å². The zero-order chi connectivity index (χ0) is 14.3. The van der Waals surface area contributed by atoms with Gasteiger partial charge in [0.15, 0.2) is 0 Å². The van der Waals surface area contributed by atoms with Crippen LogP contribution in [0.2, 0.25) is 0 Å². The van der Waals surface area contributed by atoms with Crippen LogP contribution >= 0.6 is 15.9 Å². The number of methoxy groups -OCH3 is 1. The number of rotatable bonds is 6. The van der Waals surface area contributed by atoms with Crippen LogP contribution in [0.15, 0.2) is 22.7 Å². The molecule has 0 radical (unpaired) electrons. The van der Waals surface area contributed by atoms with Crippen molar-refractivity contribution in [1.82, 2.24) is 4.90 Å². The number of nitriles is 1. The zero-order valence-electron chi connectivity index (χ0n) is 11.1. The zero-order valence-corrected chi connectivity index (χ0v) is 12.7. The van der Waals surface area contributed by atoms with Gasteiger partial charge in [-0.15, -0.1) is 0 Å². The first-order valence-electron chi connectivity index (χ1n) is 6.01. The van der Waals surface area contributed by atoms with Gasteiger partial charge < -0.3 is 9.64 Å². The van der Waals surface area contributed by atoms with Crippen molar-refractivity contribution in [2.24, 2.45) is 0 Å². The molecule has 0 aromatic heterocycles. The Morgan fingerprint density at radius 3 is 2.84 bits per heavy atom. The molecule has 4 nitrogen and oxygen atoms in total. The summed E-state index contributed by atoms with van der Waals surface area (Å²) in [5.41, 5.74) is 1.08. The lowest BCUT2D eigenvalue weighted by Gasteiger charge is -2.15. The van der Waals surface area contributed by atoms with Crippen LogP contribution in [0.1, 0.15) is 18.4 Å². The highest BCUT2D eigenvalue weighted by molar-refractivity contribution is 9.10. The number of amides is 1. The summed E-state index contributed by atoms with van der Waals surface area (Å²) in [6.07, 6.45) is 1.50.